The van der Waals surface area contributed by atoms with Gasteiger partial charge in [0.2, 0.25) is 0 Å². The normalized spacial score (nSPS) is 14.9. The number of nitrogens with zero attached hydrogens (tertiary/aromatic N) is 6. The van der Waals surface area contributed by atoms with Gasteiger partial charge in [-0.05, 0) is 37.2 Å². The van der Waals surface area contributed by atoms with Crippen molar-refractivity contribution in [1.29, 1.82) is 0 Å². The Balaban J connectivity index is 1.55. The second-order valence-electron chi connectivity index (χ2n) is 8.03. The Morgan fingerprint density at radius 2 is 1.94 bits per heavy atom. The summed E-state index contributed by atoms with van der Waals surface area (Å²) < 4.78 is 15.8. The van der Waals surface area contributed by atoms with Gasteiger partial charge in [0.15, 0.2) is 0 Å². The first-order valence-electron chi connectivity index (χ1n) is 10.7. The van der Waals surface area contributed by atoms with Crippen LogP contribution in [0.5, 0.6) is 0 Å². The average molecular weight is 433 g/mol. The van der Waals surface area contributed by atoms with Gasteiger partial charge in [0.1, 0.15) is 28.5 Å². The summed E-state index contributed by atoms with van der Waals surface area (Å²) in [7, 11) is 2.12. The predicted molar refractivity (Wildman–Crippen MR) is 122 cm³/mol. The highest BCUT2D eigenvalue weighted by atomic mass is 19.1. The van der Waals surface area contributed by atoms with Crippen molar-refractivity contribution in [2.75, 3.05) is 38.1 Å². The lowest BCUT2D eigenvalue weighted by Crippen LogP contribution is -2.44. The van der Waals surface area contributed by atoms with E-state index < -0.39 is 11.4 Å². The van der Waals surface area contributed by atoms with Gasteiger partial charge in [-0.1, -0.05) is 19.1 Å². The SMILES string of the molecule is CCc1cccc(F)c1-n1nc2c(-c3ccc(N4CCN(C)CC4)nc3)n[nH]c2cc1=O. The molecule has 32 heavy (non-hydrogen) atoms. The lowest BCUT2D eigenvalue weighted by atomic mass is 10.1. The summed E-state index contributed by atoms with van der Waals surface area (Å²) in [5.41, 5.74) is 2.80. The fourth-order valence-electron chi connectivity index (χ4n) is 4.08. The van der Waals surface area contributed by atoms with Gasteiger partial charge >= 0.3 is 0 Å². The Hall–Kier alpha value is -3.59. The highest BCUT2D eigenvalue weighted by Crippen LogP contribution is 2.26. The molecule has 0 amide bonds. The van der Waals surface area contributed by atoms with E-state index in [2.05, 4.69) is 37.1 Å². The van der Waals surface area contributed by atoms with E-state index in [9.17, 15) is 9.18 Å². The van der Waals surface area contributed by atoms with E-state index >= 15 is 0 Å². The maximum atomic E-state index is 14.7. The zero-order valence-electron chi connectivity index (χ0n) is 18.0. The van der Waals surface area contributed by atoms with Gasteiger partial charge in [0.05, 0.1) is 5.52 Å². The number of likely N-dealkylation sites (N-methyl/N-ethyl adjacent to an activating group) is 1. The summed E-state index contributed by atoms with van der Waals surface area (Å²) in [5, 5.41) is 11.7. The van der Waals surface area contributed by atoms with Crippen molar-refractivity contribution in [2.45, 2.75) is 13.3 Å². The number of rotatable bonds is 4. The third kappa shape index (κ3) is 3.54. The number of aromatic nitrogens is 5. The molecule has 9 heteroatoms. The molecule has 0 saturated carbocycles. The number of aryl methyl sites for hydroxylation is 1. The molecule has 0 unspecified atom stereocenters. The minimum absolute atomic E-state index is 0.178. The Morgan fingerprint density at radius 3 is 2.66 bits per heavy atom. The molecular formula is C23H24FN7O. The molecular weight excluding hydrogens is 409 g/mol. The molecule has 164 valence electrons. The van der Waals surface area contributed by atoms with Crippen molar-refractivity contribution in [3.05, 3.63) is 64.3 Å². The minimum atomic E-state index is -0.485. The van der Waals surface area contributed by atoms with Crippen LogP contribution >= 0.6 is 0 Å². The summed E-state index contributed by atoms with van der Waals surface area (Å²) in [5.74, 6) is 0.437. The van der Waals surface area contributed by atoms with Crippen LogP contribution < -0.4 is 10.5 Å². The van der Waals surface area contributed by atoms with Crippen LogP contribution in [-0.4, -0.2) is 63.1 Å². The van der Waals surface area contributed by atoms with Gasteiger partial charge in [-0.2, -0.15) is 14.9 Å². The third-order valence-corrected chi connectivity index (χ3v) is 5.96. The fourth-order valence-corrected chi connectivity index (χ4v) is 4.08. The molecule has 3 aromatic heterocycles. The second-order valence-corrected chi connectivity index (χ2v) is 8.03. The quantitative estimate of drug-likeness (QED) is 0.533. The molecule has 1 N–H and O–H groups in total. The van der Waals surface area contributed by atoms with Crippen molar-refractivity contribution in [1.82, 2.24) is 29.9 Å². The zero-order chi connectivity index (χ0) is 22.2. The summed E-state index contributed by atoms with van der Waals surface area (Å²) in [6.45, 7) is 5.79. The number of fused-ring (bicyclic) bond motifs is 1. The monoisotopic (exact) mass is 433 g/mol. The van der Waals surface area contributed by atoms with Gasteiger partial charge in [-0.15, -0.1) is 0 Å². The van der Waals surface area contributed by atoms with Crippen molar-refractivity contribution in [3.8, 4) is 16.9 Å². The van der Waals surface area contributed by atoms with E-state index in [1.54, 1.807) is 18.3 Å². The molecule has 0 spiro atoms. The van der Waals surface area contributed by atoms with Crippen LogP contribution in [0.4, 0.5) is 10.2 Å². The van der Waals surface area contributed by atoms with Gasteiger partial charge in [-0.3, -0.25) is 9.89 Å². The summed E-state index contributed by atoms with van der Waals surface area (Å²) >= 11 is 0. The standard InChI is InChI=1S/C23H24FN7O/c1-3-15-5-4-6-17(24)23(15)31-20(32)13-18-22(28-31)21(27-26-18)16-7-8-19(25-14-16)30-11-9-29(2)10-12-30/h4-8,13-14,26H,3,9-12H2,1-2H3. The van der Waals surface area contributed by atoms with E-state index in [1.807, 2.05) is 19.1 Å². The molecule has 0 aliphatic carbocycles. The van der Waals surface area contributed by atoms with Crippen molar-refractivity contribution in [2.24, 2.45) is 0 Å². The molecule has 5 rings (SSSR count). The van der Waals surface area contributed by atoms with Crippen molar-refractivity contribution in [3.63, 3.8) is 0 Å². The maximum absolute atomic E-state index is 14.7. The number of para-hydroxylation sites is 1. The third-order valence-electron chi connectivity index (χ3n) is 5.96. The number of anilines is 1. The average Bonchev–Trinajstić information content (AvgIpc) is 3.21. The number of halogens is 1. The number of hydrogen-bond donors (Lipinski definition) is 1. The number of H-pyrrole nitrogens is 1. The second kappa shape index (κ2) is 8.16. The van der Waals surface area contributed by atoms with E-state index in [0.29, 0.717) is 28.7 Å². The number of pyridine rings is 1. The molecule has 0 bridgehead atoms. The van der Waals surface area contributed by atoms with Gasteiger partial charge < -0.3 is 9.80 Å². The largest absolute Gasteiger partial charge is 0.354 e. The molecule has 1 saturated heterocycles. The van der Waals surface area contributed by atoms with Crippen LogP contribution in [0.3, 0.4) is 0 Å². The van der Waals surface area contributed by atoms with E-state index in [0.717, 1.165) is 42.2 Å². The first-order valence-corrected chi connectivity index (χ1v) is 10.7. The predicted octanol–water partition coefficient (Wildman–Crippen LogP) is 2.62. The Morgan fingerprint density at radius 1 is 1.12 bits per heavy atom. The number of aromatic amines is 1. The van der Waals surface area contributed by atoms with Gasteiger partial charge in [-0.25, -0.2) is 9.37 Å². The van der Waals surface area contributed by atoms with E-state index in [-0.39, 0.29) is 5.69 Å². The Bertz CT molecular complexity index is 1320. The highest BCUT2D eigenvalue weighted by molar-refractivity contribution is 5.89. The highest BCUT2D eigenvalue weighted by Gasteiger charge is 2.19. The topological polar surface area (TPSA) is 82.9 Å². The van der Waals surface area contributed by atoms with Gasteiger partial charge in [0.25, 0.3) is 5.56 Å². The van der Waals surface area contributed by atoms with Crippen LogP contribution in [0.15, 0.2) is 47.4 Å². The summed E-state index contributed by atoms with van der Waals surface area (Å²) in [4.78, 5) is 21.9. The molecule has 4 aromatic rings. The molecule has 1 fully saturated rings. The number of nitrogens with one attached hydrogen (secondary N) is 1. The van der Waals surface area contributed by atoms with E-state index in [4.69, 9.17) is 0 Å². The van der Waals surface area contributed by atoms with Crippen LogP contribution in [0.2, 0.25) is 0 Å². The molecule has 0 atom stereocenters. The Labute approximate surface area is 184 Å². The molecule has 0 radical (unpaired) electrons. The smallest absolute Gasteiger partial charge is 0.273 e. The number of benzene rings is 1. The van der Waals surface area contributed by atoms with E-state index in [1.165, 1.54) is 12.1 Å². The molecule has 1 aromatic carbocycles. The first kappa shape index (κ1) is 20.3. The number of hydrogen-bond acceptors (Lipinski definition) is 6. The number of piperazine rings is 1. The van der Waals surface area contributed by atoms with Crippen LogP contribution in [0.25, 0.3) is 28.0 Å². The van der Waals surface area contributed by atoms with Crippen LogP contribution in [-0.2, 0) is 6.42 Å². The summed E-state index contributed by atoms with van der Waals surface area (Å²) in [6.07, 6.45) is 2.34. The van der Waals surface area contributed by atoms with Gasteiger partial charge in [0, 0.05) is 44.0 Å². The maximum Gasteiger partial charge on any atom is 0.273 e. The lowest BCUT2D eigenvalue weighted by Gasteiger charge is -2.33. The molecule has 8 nitrogen and oxygen atoms in total. The van der Waals surface area contributed by atoms with Crippen LogP contribution in [0.1, 0.15) is 12.5 Å². The lowest BCUT2D eigenvalue weighted by molar-refractivity contribution is 0.312. The fraction of sp³-hybridized carbons (Fsp3) is 0.304. The molecule has 1 aliphatic heterocycles. The molecule has 4 heterocycles. The minimum Gasteiger partial charge on any atom is -0.354 e. The van der Waals surface area contributed by atoms with Crippen molar-refractivity contribution >= 4 is 16.9 Å². The van der Waals surface area contributed by atoms with Crippen molar-refractivity contribution < 1.29 is 4.39 Å². The Kier molecular flexibility index (Phi) is 5.18. The summed E-state index contributed by atoms with van der Waals surface area (Å²) in [6, 6.07) is 10.1. The molecule has 1 aliphatic rings. The van der Waals surface area contributed by atoms with Crippen LogP contribution in [0, 0.1) is 5.82 Å². The first-order chi connectivity index (χ1) is 15.5. The zero-order valence-corrected chi connectivity index (χ0v) is 18.0.